The SMILES string of the molecule is CN(C)c1ccc(Nc2cccc(C(N)=O)c2)cc1.O=CO. The second-order valence-corrected chi connectivity index (χ2v) is 4.62. The summed E-state index contributed by atoms with van der Waals surface area (Å²) in [4.78, 5) is 21.5. The molecule has 0 saturated carbocycles. The van der Waals surface area contributed by atoms with E-state index in [-0.39, 0.29) is 6.47 Å². The van der Waals surface area contributed by atoms with Gasteiger partial charge in [-0.05, 0) is 42.5 Å². The fraction of sp³-hybridized carbons (Fsp3) is 0.125. The molecule has 0 radical (unpaired) electrons. The topological polar surface area (TPSA) is 95.7 Å². The molecule has 0 fully saturated rings. The van der Waals surface area contributed by atoms with E-state index in [1.807, 2.05) is 49.3 Å². The van der Waals surface area contributed by atoms with Gasteiger partial charge in [0.05, 0.1) is 0 Å². The van der Waals surface area contributed by atoms with E-state index in [9.17, 15) is 4.79 Å². The standard InChI is InChI=1S/C15H17N3O.CH2O2/c1-18(2)14-8-6-12(7-9-14)17-13-5-3-4-11(10-13)15(16)19;2-1-3/h3-10,17H,1-2H3,(H2,16,19);1H,(H,2,3). The van der Waals surface area contributed by atoms with Gasteiger partial charge in [-0.2, -0.15) is 0 Å². The predicted octanol–water partition coefficient (Wildman–Crippen LogP) is 2.30. The summed E-state index contributed by atoms with van der Waals surface area (Å²) in [6.07, 6.45) is 0. The zero-order valence-corrected chi connectivity index (χ0v) is 12.5. The van der Waals surface area contributed by atoms with Crippen molar-refractivity contribution in [3.63, 3.8) is 0 Å². The first-order chi connectivity index (χ1) is 10.5. The van der Waals surface area contributed by atoms with Crippen LogP contribution in [-0.2, 0) is 4.79 Å². The Bertz CT molecular complexity index is 625. The number of carboxylic acid groups (broad SMARTS) is 1. The third kappa shape index (κ3) is 5.16. The van der Waals surface area contributed by atoms with Gasteiger partial charge in [-0.25, -0.2) is 0 Å². The van der Waals surface area contributed by atoms with Crippen LogP contribution in [-0.4, -0.2) is 31.6 Å². The Kier molecular flexibility index (Phi) is 6.43. The minimum absolute atomic E-state index is 0.250. The highest BCUT2D eigenvalue weighted by atomic mass is 16.3. The fourth-order valence-electron chi connectivity index (χ4n) is 1.76. The van der Waals surface area contributed by atoms with Crippen LogP contribution in [0, 0.1) is 0 Å². The molecule has 2 aromatic rings. The van der Waals surface area contributed by atoms with E-state index in [0.29, 0.717) is 5.56 Å². The average Bonchev–Trinajstić information content (AvgIpc) is 2.49. The maximum Gasteiger partial charge on any atom is 0.290 e. The summed E-state index contributed by atoms with van der Waals surface area (Å²) >= 11 is 0. The summed E-state index contributed by atoms with van der Waals surface area (Å²) in [5.74, 6) is -0.424. The second-order valence-electron chi connectivity index (χ2n) is 4.62. The van der Waals surface area contributed by atoms with Gasteiger partial charge in [0, 0.05) is 36.7 Å². The van der Waals surface area contributed by atoms with Crippen molar-refractivity contribution in [3.8, 4) is 0 Å². The Morgan fingerprint density at radius 3 is 2.23 bits per heavy atom. The van der Waals surface area contributed by atoms with Gasteiger partial charge in [-0.15, -0.1) is 0 Å². The summed E-state index contributed by atoms with van der Waals surface area (Å²) in [5, 5.41) is 10.1. The number of nitrogens with one attached hydrogen (secondary N) is 1. The summed E-state index contributed by atoms with van der Waals surface area (Å²) in [6.45, 7) is -0.250. The van der Waals surface area contributed by atoms with Crippen molar-refractivity contribution in [2.75, 3.05) is 24.3 Å². The highest BCUT2D eigenvalue weighted by Crippen LogP contribution is 2.20. The molecule has 0 unspecified atom stereocenters. The number of benzene rings is 2. The van der Waals surface area contributed by atoms with Gasteiger partial charge in [0.15, 0.2) is 0 Å². The summed E-state index contributed by atoms with van der Waals surface area (Å²) in [5.41, 5.74) is 8.69. The number of primary amides is 1. The van der Waals surface area contributed by atoms with Crippen molar-refractivity contribution in [2.45, 2.75) is 0 Å². The number of nitrogens with zero attached hydrogens (tertiary/aromatic N) is 1. The number of carbonyl (C=O) groups is 2. The normalized spacial score (nSPS) is 9.18. The van der Waals surface area contributed by atoms with Gasteiger partial charge in [-0.1, -0.05) is 6.07 Å². The third-order valence-electron chi connectivity index (χ3n) is 2.82. The first kappa shape index (κ1) is 17.0. The summed E-state index contributed by atoms with van der Waals surface area (Å²) in [6, 6.07) is 15.2. The van der Waals surface area contributed by atoms with E-state index in [1.165, 1.54) is 0 Å². The molecule has 0 saturated heterocycles. The highest BCUT2D eigenvalue weighted by molar-refractivity contribution is 5.93. The van der Waals surface area contributed by atoms with Crippen LogP contribution in [0.2, 0.25) is 0 Å². The smallest absolute Gasteiger partial charge is 0.290 e. The molecule has 6 nitrogen and oxygen atoms in total. The van der Waals surface area contributed by atoms with Crippen molar-refractivity contribution in [3.05, 3.63) is 54.1 Å². The molecule has 0 bridgehead atoms. The van der Waals surface area contributed by atoms with Gasteiger partial charge in [0.1, 0.15) is 0 Å². The van der Waals surface area contributed by atoms with Gasteiger partial charge in [-0.3, -0.25) is 9.59 Å². The zero-order chi connectivity index (χ0) is 16.5. The van der Waals surface area contributed by atoms with Crippen LogP contribution >= 0.6 is 0 Å². The lowest BCUT2D eigenvalue weighted by Gasteiger charge is -2.13. The lowest BCUT2D eigenvalue weighted by atomic mass is 10.2. The number of amides is 1. The molecule has 4 N–H and O–H groups in total. The van der Waals surface area contributed by atoms with E-state index in [0.717, 1.165) is 17.1 Å². The molecule has 0 atom stereocenters. The molecular weight excluding hydrogens is 282 g/mol. The molecule has 0 aliphatic heterocycles. The van der Waals surface area contributed by atoms with Crippen LogP contribution in [0.15, 0.2) is 48.5 Å². The number of rotatable bonds is 4. The molecule has 2 aromatic carbocycles. The van der Waals surface area contributed by atoms with Crippen LogP contribution < -0.4 is 16.0 Å². The molecule has 0 spiro atoms. The summed E-state index contributed by atoms with van der Waals surface area (Å²) in [7, 11) is 4.00. The molecule has 2 rings (SSSR count). The number of anilines is 3. The largest absolute Gasteiger partial charge is 0.483 e. The monoisotopic (exact) mass is 301 g/mol. The molecule has 0 heterocycles. The van der Waals surface area contributed by atoms with E-state index in [4.69, 9.17) is 15.6 Å². The first-order valence-electron chi connectivity index (χ1n) is 6.50. The van der Waals surface area contributed by atoms with Crippen LogP contribution in [0.4, 0.5) is 17.1 Å². The van der Waals surface area contributed by atoms with Gasteiger partial charge in [0.25, 0.3) is 6.47 Å². The fourth-order valence-corrected chi connectivity index (χ4v) is 1.76. The minimum Gasteiger partial charge on any atom is -0.483 e. The molecule has 22 heavy (non-hydrogen) atoms. The quantitative estimate of drug-likeness (QED) is 0.753. The van der Waals surface area contributed by atoms with E-state index < -0.39 is 5.91 Å². The number of carbonyl (C=O) groups excluding carboxylic acids is 1. The number of nitrogens with two attached hydrogens (primary N) is 1. The van der Waals surface area contributed by atoms with Crippen molar-refractivity contribution in [2.24, 2.45) is 5.73 Å². The Labute approximate surface area is 129 Å². The van der Waals surface area contributed by atoms with E-state index >= 15 is 0 Å². The van der Waals surface area contributed by atoms with E-state index in [2.05, 4.69) is 5.32 Å². The van der Waals surface area contributed by atoms with Gasteiger partial charge < -0.3 is 21.1 Å². The van der Waals surface area contributed by atoms with E-state index in [1.54, 1.807) is 18.2 Å². The molecule has 0 aliphatic rings. The number of hydrogen-bond acceptors (Lipinski definition) is 4. The predicted molar refractivity (Wildman–Crippen MR) is 87.7 cm³/mol. The van der Waals surface area contributed by atoms with Gasteiger partial charge in [0.2, 0.25) is 5.91 Å². The van der Waals surface area contributed by atoms with Crippen molar-refractivity contribution < 1.29 is 14.7 Å². The van der Waals surface area contributed by atoms with Crippen LogP contribution in [0.3, 0.4) is 0 Å². The van der Waals surface area contributed by atoms with Crippen LogP contribution in [0.1, 0.15) is 10.4 Å². The maximum atomic E-state index is 11.1. The first-order valence-corrected chi connectivity index (χ1v) is 6.50. The van der Waals surface area contributed by atoms with Crippen molar-refractivity contribution >= 4 is 29.4 Å². The van der Waals surface area contributed by atoms with Crippen LogP contribution in [0.25, 0.3) is 0 Å². The third-order valence-corrected chi connectivity index (χ3v) is 2.82. The average molecular weight is 301 g/mol. The maximum absolute atomic E-state index is 11.1. The molecule has 6 heteroatoms. The molecule has 1 amide bonds. The zero-order valence-electron chi connectivity index (χ0n) is 12.5. The Morgan fingerprint density at radius 1 is 1.14 bits per heavy atom. The molecule has 0 aromatic heterocycles. The van der Waals surface area contributed by atoms with Crippen molar-refractivity contribution in [1.82, 2.24) is 0 Å². The Balaban J connectivity index is 0.000000745. The van der Waals surface area contributed by atoms with Crippen molar-refractivity contribution in [1.29, 1.82) is 0 Å². The summed E-state index contributed by atoms with van der Waals surface area (Å²) < 4.78 is 0. The Morgan fingerprint density at radius 2 is 1.73 bits per heavy atom. The highest BCUT2D eigenvalue weighted by Gasteiger charge is 2.02. The molecule has 0 aliphatic carbocycles. The molecular formula is C16H19N3O3. The Hall–Kier alpha value is -3.02. The minimum atomic E-state index is -0.424. The lowest BCUT2D eigenvalue weighted by Crippen LogP contribution is -2.10. The number of hydrogen-bond donors (Lipinski definition) is 3. The van der Waals surface area contributed by atoms with Crippen LogP contribution in [0.5, 0.6) is 0 Å². The second kappa shape index (κ2) is 8.31. The lowest BCUT2D eigenvalue weighted by molar-refractivity contribution is -0.122. The van der Waals surface area contributed by atoms with Gasteiger partial charge >= 0.3 is 0 Å². The molecule has 116 valence electrons.